The predicted molar refractivity (Wildman–Crippen MR) is 109 cm³/mol. The number of thioether (sulfide) groups is 1. The van der Waals surface area contributed by atoms with Crippen LogP contribution in [0, 0.1) is 5.82 Å². The van der Waals surface area contributed by atoms with Crippen molar-refractivity contribution in [2.75, 3.05) is 12.2 Å². The van der Waals surface area contributed by atoms with Gasteiger partial charge in [-0.05, 0) is 31.5 Å². The summed E-state index contributed by atoms with van der Waals surface area (Å²) in [7, 11) is 0. The number of nitrogens with two attached hydrogens (primary N) is 1. The number of hydrogen-bond acceptors (Lipinski definition) is 7. The largest absolute Gasteiger partial charge is 0.445 e. The van der Waals surface area contributed by atoms with E-state index in [2.05, 4.69) is 25.0 Å². The fourth-order valence-electron chi connectivity index (χ4n) is 3.14. The highest BCUT2D eigenvalue weighted by Gasteiger charge is 2.46. The van der Waals surface area contributed by atoms with Crippen molar-refractivity contribution in [3.63, 3.8) is 0 Å². The van der Waals surface area contributed by atoms with Gasteiger partial charge in [0.2, 0.25) is 12.7 Å². The number of hydrogen-bond donors (Lipinski definition) is 2. The second-order valence-corrected chi connectivity index (χ2v) is 7.97. The number of halogens is 3. The molecule has 3 atom stereocenters. The Morgan fingerprint density at radius 2 is 2.13 bits per heavy atom. The number of alkyl halides is 2. The van der Waals surface area contributed by atoms with E-state index in [9.17, 15) is 13.6 Å². The smallest absolute Gasteiger partial charge is 0.275 e. The van der Waals surface area contributed by atoms with E-state index in [4.69, 9.17) is 5.73 Å². The molecule has 0 fully saturated rings. The van der Waals surface area contributed by atoms with Crippen molar-refractivity contribution < 1.29 is 22.7 Å². The molecule has 2 aromatic rings. The molecule has 0 unspecified atom stereocenters. The maximum atomic E-state index is 15.2. The van der Waals surface area contributed by atoms with Gasteiger partial charge in [-0.1, -0.05) is 18.7 Å². The Morgan fingerprint density at radius 3 is 2.77 bits per heavy atom. The van der Waals surface area contributed by atoms with E-state index in [1.54, 1.807) is 0 Å². The second kappa shape index (κ2) is 8.90. The molecule has 3 rings (SSSR count). The fraction of sp³-hybridized carbons (Fsp3) is 0.368. The van der Waals surface area contributed by atoms with Crippen LogP contribution in [0.3, 0.4) is 0 Å². The molecule has 1 aromatic heterocycles. The van der Waals surface area contributed by atoms with Crippen molar-refractivity contribution in [3.05, 3.63) is 47.7 Å². The first-order valence-corrected chi connectivity index (χ1v) is 9.94. The SMILES string of the molecule is CC[C@H]1SC(N)=N[C@](C)(c2cc(NC(=O)c3cnc(OCF)cn3)ccc2F)[C@H]1F. The molecule has 7 nitrogen and oxygen atoms in total. The zero-order valence-corrected chi connectivity index (χ0v) is 17.0. The number of benzene rings is 1. The van der Waals surface area contributed by atoms with Crippen LogP contribution in [0.15, 0.2) is 35.6 Å². The van der Waals surface area contributed by atoms with Gasteiger partial charge in [0.05, 0.1) is 12.4 Å². The van der Waals surface area contributed by atoms with Gasteiger partial charge in [-0.15, -0.1) is 0 Å². The molecule has 1 aromatic carbocycles. The minimum absolute atomic E-state index is 0.0210. The number of aliphatic imine (C=N–C) groups is 1. The van der Waals surface area contributed by atoms with Crippen LogP contribution >= 0.6 is 11.8 Å². The summed E-state index contributed by atoms with van der Waals surface area (Å²) in [6.07, 6.45) is 1.23. The molecule has 0 spiro atoms. The summed E-state index contributed by atoms with van der Waals surface area (Å²) < 4.78 is 46.5. The van der Waals surface area contributed by atoms with Crippen molar-refractivity contribution >= 4 is 28.5 Å². The molecule has 0 bridgehead atoms. The van der Waals surface area contributed by atoms with Gasteiger partial charge >= 0.3 is 0 Å². The highest BCUT2D eigenvalue weighted by molar-refractivity contribution is 8.14. The number of nitrogens with zero attached hydrogens (tertiary/aromatic N) is 3. The van der Waals surface area contributed by atoms with Crippen LogP contribution in [0.4, 0.5) is 18.9 Å². The number of carbonyl (C=O) groups is 1. The van der Waals surface area contributed by atoms with Crippen molar-refractivity contribution in [3.8, 4) is 5.88 Å². The monoisotopic (exact) mass is 439 g/mol. The average molecular weight is 439 g/mol. The minimum Gasteiger partial charge on any atom is -0.445 e. The van der Waals surface area contributed by atoms with E-state index >= 15 is 4.39 Å². The van der Waals surface area contributed by atoms with Crippen LogP contribution in [0.5, 0.6) is 5.88 Å². The van der Waals surface area contributed by atoms with Crippen LogP contribution in [0.25, 0.3) is 0 Å². The molecule has 160 valence electrons. The van der Waals surface area contributed by atoms with Crippen LogP contribution in [-0.4, -0.2) is 39.3 Å². The standard InChI is InChI=1S/C19H20F3N5O2S/c1-3-14-16(22)19(2,27-18(23)30-14)11-6-10(4-5-12(11)21)26-17(28)13-7-25-15(8-24-13)29-9-20/h4-8,14,16H,3,9H2,1-2H3,(H2,23,27)(H,26,28)/t14-,16+,19-/m1/s1. The Bertz CT molecular complexity index is 960. The topological polar surface area (TPSA) is 102 Å². The molecule has 1 aliphatic heterocycles. The van der Waals surface area contributed by atoms with E-state index in [-0.39, 0.29) is 28.0 Å². The van der Waals surface area contributed by atoms with Gasteiger partial charge in [0.15, 0.2) is 5.17 Å². The quantitative estimate of drug-likeness (QED) is 0.714. The predicted octanol–water partition coefficient (Wildman–Crippen LogP) is 3.57. The summed E-state index contributed by atoms with van der Waals surface area (Å²) >= 11 is 1.13. The van der Waals surface area contributed by atoms with E-state index in [1.807, 2.05) is 6.92 Å². The van der Waals surface area contributed by atoms with Crippen LogP contribution in [0.2, 0.25) is 0 Å². The summed E-state index contributed by atoms with van der Waals surface area (Å²) in [5.74, 6) is -1.37. The Morgan fingerprint density at radius 1 is 1.37 bits per heavy atom. The number of rotatable bonds is 6. The summed E-state index contributed by atoms with van der Waals surface area (Å²) in [6.45, 7) is 2.23. The van der Waals surface area contributed by atoms with E-state index in [0.717, 1.165) is 30.2 Å². The lowest BCUT2D eigenvalue weighted by molar-refractivity contribution is 0.102. The molecule has 1 amide bonds. The van der Waals surface area contributed by atoms with Gasteiger partial charge in [0.1, 0.15) is 23.2 Å². The molecule has 2 heterocycles. The molecule has 11 heteroatoms. The Kier molecular flexibility index (Phi) is 6.49. The summed E-state index contributed by atoms with van der Waals surface area (Å²) in [5.41, 5.74) is 4.46. The Labute approximate surface area is 175 Å². The Balaban J connectivity index is 1.88. The van der Waals surface area contributed by atoms with Gasteiger partial charge in [0.25, 0.3) is 5.91 Å². The van der Waals surface area contributed by atoms with E-state index in [0.29, 0.717) is 6.42 Å². The lowest BCUT2D eigenvalue weighted by Crippen LogP contribution is -2.45. The zero-order valence-electron chi connectivity index (χ0n) is 16.2. The van der Waals surface area contributed by atoms with Crippen LogP contribution in [-0.2, 0) is 5.54 Å². The number of nitrogens with one attached hydrogen (secondary N) is 1. The van der Waals surface area contributed by atoms with Gasteiger partial charge < -0.3 is 15.8 Å². The molecule has 3 N–H and O–H groups in total. The lowest BCUT2D eigenvalue weighted by Gasteiger charge is -2.38. The number of amidine groups is 1. The van der Waals surface area contributed by atoms with Crippen molar-refractivity contribution in [2.24, 2.45) is 10.7 Å². The van der Waals surface area contributed by atoms with Gasteiger partial charge in [0, 0.05) is 16.5 Å². The molecule has 0 aliphatic carbocycles. The lowest BCUT2D eigenvalue weighted by atomic mass is 9.84. The third-order valence-electron chi connectivity index (χ3n) is 4.71. The first-order chi connectivity index (χ1) is 14.3. The van der Waals surface area contributed by atoms with Crippen LogP contribution < -0.4 is 15.8 Å². The average Bonchev–Trinajstić information content (AvgIpc) is 2.72. The van der Waals surface area contributed by atoms with Crippen molar-refractivity contribution in [1.82, 2.24) is 9.97 Å². The summed E-state index contributed by atoms with van der Waals surface area (Å²) in [4.78, 5) is 24.2. The van der Waals surface area contributed by atoms with Crippen LogP contribution in [0.1, 0.15) is 36.3 Å². The molecular formula is C19H20F3N5O2S. The molecular weight excluding hydrogens is 419 g/mol. The number of carbonyl (C=O) groups excluding carboxylic acids is 1. The molecule has 1 aliphatic rings. The fourth-order valence-corrected chi connectivity index (χ4v) is 4.25. The molecule has 0 radical (unpaired) electrons. The van der Waals surface area contributed by atoms with Crippen molar-refractivity contribution in [2.45, 2.75) is 37.2 Å². The molecule has 30 heavy (non-hydrogen) atoms. The maximum Gasteiger partial charge on any atom is 0.275 e. The number of anilines is 1. The number of aromatic nitrogens is 2. The highest BCUT2D eigenvalue weighted by atomic mass is 32.2. The van der Waals surface area contributed by atoms with Crippen molar-refractivity contribution in [1.29, 1.82) is 0 Å². The first-order valence-electron chi connectivity index (χ1n) is 9.06. The third-order valence-corrected chi connectivity index (χ3v) is 5.92. The molecule has 0 saturated carbocycles. The number of amides is 1. The summed E-state index contributed by atoms with van der Waals surface area (Å²) in [6, 6.07) is 3.79. The first kappa shape index (κ1) is 21.9. The van der Waals surface area contributed by atoms with E-state index < -0.39 is 35.5 Å². The van der Waals surface area contributed by atoms with Gasteiger partial charge in [-0.25, -0.2) is 28.1 Å². The Hall–Kier alpha value is -2.82. The molecule has 0 saturated heterocycles. The third kappa shape index (κ3) is 4.35. The highest BCUT2D eigenvalue weighted by Crippen LogP contribution is 2.43. The normalized spacial score (nSPS) is 23.6. The van der Waals surface area contributed by atoms with Gasteiger partial charge in [-0.3, -0.25) is 4.79 Å². The maximum absolute atomic E-state index is 15.2. The zero-order chi connectivity index (χ0) is 21.9. The number of ether oxygens (including phenoxy) is 1. The second-order valence-electron chi connectivity index (χ2n) is 6.71. The summed E-state index contributed by atoms with van der Waals surface area (Å²) in [5, 5.41) is 2.27. The van der Waals surface area contributed by atoms with Gasteiger partial charge in [-0.2, -0.15) is 0 Å². The van der Waals surface area contributed by atoms with E-state index in [1.165, 1.54) is 19.1 Å². The minimum atomic E-state index is -1.54.